The molecule has 0 unspecified atom stereocenters. The van der Waals surface area contributed by atoms with Crippen LogP contribution >= 0.6 is 0 Å². The molecule has 0 saturated carbocycles. The van der Waals surface area contributed by atoms with Crippen molar-refractivity contribution in [1.82, 2.24) is 10.1 Å². The average molecular weight is 394 g/mol. The molecule has 0 bridgehead atoms. The topological polar surface area (TPSA) is 61.8 Å². The normalized spacial score (nSPS) is 15.8. The quantitative estimate of drug-likeness (QED) is 0.719. The molecule has 148 valence electrons. The van der Waals surface area contributed by atoms with Crippen LogP contribution in [0.4, 0.5) is 13.2 Å². The zero-order valence-electron chi connectivity index (χ0n) is 15.0. The number of halogens is 3. The molecule has 1 fully saturated rings. The lowest BCUT2D eigenvalue weighted by molar-refractivity contribution is -0.908. The maximum absolute atomic E-state index is 13.7. The molecule has 1 N–H and O–H groups in total. The molecule has 3 heterocycles. The lowest BCUT2D eigenvalue weighted by atomic mass is 10.1. The summed E-state index contributed by atoms with van der Waals surface area (Å²) in [6.45, 7) is 3.92. The van der Waals surface area contributed by atoms with Crippen molar-refractivity contribution in [2.45, 2.75) is 6.18 Å². The summed E-state index contributed by atoms with van der Waals surface area (Å²) in [6, 6.07) is 9.63. The van der Waals surface area contributed by atoms with Gasteiger partial charge in [-0.25, -0.2) is 4.98 Å². The minimum Gasteiger partial charge on any atom is -0.469 e. The number of rotatable bonds is 5. The molecule has 4 rings (SSSR count). The van der Waals surface area contributed by atoms with Gasteiger partial charge in [0.2, 0.25) is 0 Å². The molecule has 0 radical (unpaired) electrons. The smallest absolute Gasteiger partial charge is 0.417 e. The fraction of sp³-hybridized carbons (Fsp3) is 0.368. The highest BCUT2D eigenvalue weighted by Gasteiger charge is 2.37. The van der Waals surface area contributed by atoms with E-state index in [2.05, 4.69) is 10.1 Å². The molecular formula is C19H19F3N3O3+. The monoisotopic (exact) mass is 394 g/mol. The lowest BCUT2D eigenvalue weighted by Crippen LogP contribution is -3.14. The molecule has 0 aliphatic carbocycles. The van der Waals surface area contributed by atoms with Gasteiger partial charge in [0.15, 0.2) is 0 Å². The third kappa shape index (κ3) is 3.95. The minimum atomic E-state index is -4.59. The molecule has 28 heavy (non-hydrogen) atoms. The van der Waals surface area contributed by atoms with Crippen LogP contribution in [-0.4, -0.2) is 49.6 Å². The first-order valence-electron chi connectivity index (χ1n) is 8.99. The standard InChI is InChI=1S/C19H18F3N3O3/c20-19(21,22)14-12-15(13-4-2-1-3-5-13)23-17-16(14)18(24-28-17)27-11-8-25-6-9-26-10-7-25/h1-5,12H,6-11H2/p+1. The molecule has 0 spiro atoms. The second-order valence-electron chi connectivity index (χ2n) is 6.55. The van der Waals surface area contributed by atoms with Crippen LogP contribution in [0, 0.1) is 0 Å². The molecule has 6 nitrogen and oxygen atoms in total. The lowest BCUT2D eigenvalue weighted by Gasteiger charge is -2.23. The van der Waals surface area contributed by atoms with Crippen molar-refractivity contribution in [2.24, 2.45) is 0 Å². The zero-order valence-corrected chi connectivity index (χ0v) is 15.0. The Hall–Kier alpha value is -2.65. The first kappa shape index (κ1) is 18.7. The van der Waals surface area contributed by atoms with Gasteiger partial charge in [0.25, 0.3) is 11.6 Å². The van der Waals surface area contributed by atoms with E-state index >= 15 is 0 Å². The van der Waals surface area contributed by atoms with E-state index in [9.17, 15) is 13.2 Å². The third-order valence-corrected chi connectivity index (χ3v) is 4.68. The van der Waals surface area contributed by atoms with Crippen LogP contribution in [0.1, 0.15) is 5.56 Å². The van der Waals surface area contributed by atoms with Gasteiger partial charge < -0.3 is 18.9 Å². The first-order valence-corrected chi connectivity index (χ1v) is 8.99. The summed E-state index contributed by atoms with van der Waals surface area (Å²) in [5, 5.41) is 3.45. The van der Waals surface area contributed by atoms with Gasteiger partial charge in [0.1, 0.15) is 31.6 Å². The molecule has 0 atom stereocenters. The van der Waals surface area contributed by atoms with Crippen molar-refractivity contribution in [3.63, 3.8) is 0 Å². The van der Waals surface area contributed by atoms with Gasteiger partial charge in [-0.3, -0.25) is 0 Å². The van der Waals surface area contributed by atoms with Crippen molar-refractivity contribution < 1.29 is 32.1 Å². The van der Waals surface area contributed by atoms with Gasteiger partial charge in [-0.2, -0.15) is 13.2 Å². The first-order chi connectivity index (χ1) is 13.5. The SMILES string of the molecule is FC(F)(F)c1cc(-c2ccccc2)nc2onc(OCC[NH+]3CCOCC3)c12. The number of nitrogens with one attached hydrogen (secondary N) is 1. The van der Waals surface area contributed by atoms with Crippen molar-refractivity contribution in [3.05, 3.63) is 42.0 Å². The Morgan fingerprint density at radius 1 is 1.11 bits per heavy atom. The summed E-state index contributed by atoms with van der Waals surface area (Å²) in [5.41, 5.74) is -0.334. The van der Waals surface area contributed by atoms with Crippen LogP contribution in [0.25, 0.3) is 22.4 Å². The Morgan fingerprint density at radius 2 is 1.86 bits per heavy atom. The fourth-order valence-corrected chi connectivity index (χ4v) is 3.21. The fourth-order valence-electron chi connectivity index (χ4n) is 3.21. The Labute approximate surface area is 158 Å². The van der Waals surface area contributed by atoms with Crippen LogP contribution in [0.15, 0.2) is 40.9 Å². The Bertz CT molecular complexity index is 938. The van der Waals surface area contributed by atoms with E-state index in [-0.39, 0.29) is 29.3 Å². The van der Waals surface area contributed by atoms with Crippen LogP contribution in [0.2, 0.25) is 0 Å². The minimum absolute atomic E-state index is 0.167. The van der Waals surface area contributed by atoms with Crippen molar-refractivity contribution in [2.75, 3.05) is 39.5 Å². The van der Waals surface area contributed by atoms with Crippen molar-refractivity contribution >= 4 is 11.1 Å². The van der Waals surface area contributed by atoms with Crippen molar-refractivity contribution in [1.29, 1.82) is 0 Å². The van der Waals surface area contributed by atoms with E-state index in [1.165, 1.54) is 4.90 Å². The van der Waals surface area contributed by atoms with Crippen LogP contribution in [0.3, 0.4) is 0 Å². The molecule has 1 aliphatic heterocycles. The molecule has 3 aromatic rings. The second kappa shape index (κ2) is 7.76. The van der Waals surface area contributed by atoms with Gasteiger partial charge in [-0.15, -0.1) is 0 Å². The number of fused-ring (bicyclic) bond motifs is 1. The molecule has 1 aliphatic rings. The summed E-state index contributed by atoms with van der Waals surface area (Å²) in [4.78, 5) is 5.48. The third-order valence-electron chi connectivity index (χ3n) is 4.68. The molecule has 0 amide bonds. The highest BCUT2D eigenvalue weighted by atomic mass is 19.4. The number of hydrogen-bond donors (Lipinski definition) is 1. The van der Waals surface area contributed by atoms with Gasteiger partial charge in [-0.05, 0) is 11.2 Å². The average Bonchev–Trinajstić information content (AvgIpc) is 3.11. The van der Waals surface area contributed by atoms with Gasteiger partial charge in [0.05, 0.1) is 24.5 Å². The largest absolute Gasteiger partial charge is 0.469 e. The van der Waals surface area contributed by atoms with E-state index in [0.29, 0.717) is 25.3 Å². The number of nitrogens with zero attached hydrogens (tertiary/aromatic N) is 2. The molecule has 2 aromatic heterocycles. The number of pyridine rings is 1. The second-order valence-corrected chi connectivity index (χ2v) is 6.55. The van der Waals surface area contributed by atoms with Gasteiger partial charge >= 0.3 is 6.18 Å². The summed E-state index contributed by atoms with van der Waals surface area (Å²) < 4.78 is 57.0. The highest BCUT2D eigenvalue weighted by molar-refractivity contribution is 5.86. The molecular weight excluding hydrogens is 375 g/mol. The number of alkyl halides is 3. The zero-order chi connectivity index (χ0) is 19.6. The molecule has 1 saturated heterocycles. The summed E-state index contributed by atoms with van der Waals surface area (Å²) in [5.74, 6) is -0.179. The van der Waals surface area contributed by atoms with E-state index in [4.69, 9.17) is 14.0 Å². The maximum Gasteiger partial charge on any atom is 0.417 e. The number of aromatic nitrogens is 2. The van der Waals surface area contributed by atoms with Crippen LogP contribution < -0.4 is 9.64 Å². The predicted molar refractivity (Wildman–Crippen MR) is 94.1 cm³/mol. The van der Waals surface area contributed by atoms with Crippen LogP contribution in [-0.2, 0) is 10.9 Å². The predicted octanol–water partition coefficient (Wildman–Crippen LogP) is 2.20. The van der Waals surface area contributed by atoms with E-state index in [0.717, 1.165) is 19.2 Å². The molecule has 9 heteroatoms. The van der Waals surface area contributed by atoms with Crippen LogP contribution in [0.5, 0.6) is 5.88 Å². The number of benzene rings is 1. The Morgan fingerprint density at radius 3 is 2.57 bits per heavy atom. The Kier molecular flexibility index (Phi) is 5.19. The number of quaternary nitrogens is 1. The number of morpholine rings is 1. The van der Waals surface area contributed by atoms with E-state index < -0.39 is 11.7 Å². The summed E-state index contributed by atoms with van der Waals surface area (Å²) in [6.07, 6.45) is -4.59. The highest BCUT2D eigenvalue weighted by Crippen LogP contribution is 2.40. The van der Waals surface area contributed by atoms with Crippen molar-refractivity contribution in [3.8, 4) is 17.1 Å². The number of hydrogen-bond acceptors (Lipinski definition) is 5. The maximum atomic E-state index is 13.7. The number of ether oxygens (including phenoxy) is 2. The Balaban J connectivity index is 1.63. The van der Waals surface area contributed by atoms with Gasteiger partial charge in [-0.1, -0.05) is 30.3 Å². The van der Waals surface area contributed by atoms with Gasteiger partial charge in [0, 0.05) is 5.56 Å². The van der Waals surface area contributed by atoms with E-state index in [1.807, 2.05) is 0 Å². The summed E-state index contributed by atoms with van der Waals surface area (Å²) >= 11 is 0. The van der Waals surface area contributed by atoms with E-state index in [1.54, 1.807) is 30.3 Å². The summed E-state index contributed by atoms with van der Waals surface area (Å²) in [7, 11) is 0. The molecule has 1 aromatic carbocycles.